The molecular weight excluding hydrogens is 386 g/mol. The molecule has 0 amide bonds. The van der Waals surface area contributed by atoms with Crippen LogP contribution < -0.4 is 5.56 Å². The van der Waals surface area contributed by atoms with Crippen molar-refractivity contribution in [3.63, 3.8) is 0 Å². The first kappa shape index (κ1) is 19.4. The molecule has 0 unspecified atom stereocenters. The Kier molecular flexibility index (Phi) is 4.77. The van der Waals surface area contributed by atoms with Crippen LogP contribution in [0.5, 0.6) is 0 Å². The minimum atomic E-state index is -0.0317. The van der Waals surface area contributed by atoms with E-state index in [9.17, 15) is 4.79 Å². The van der Waals surface area contributed by atoms with Crippen molar-refractivity contribution >= 4 is 33.2 Å². The zero-order chi connectivity index (χ0) is 21.5. The van der Waals surface area contributed by atoms with Crippen LogP contribution in [-0.2, 0) is 13.0 Å². The number of unbranched alkanes of at least 4 members (excludes halogenated alkanes) is 1. The van der Waals surface area contributed by atoms with Gasteiger partial charge in [0.15, 0.2) is 11.3 Å². The molecule has 3 aromatic heterocycles. The Morgan fingerprint density at radius 2 is 1.58 bits per heavy atom. The van der Waals surface area contributed by atoms with E-state index in [1.54, 1.807) is 0 Å². The highest BCUT2D eigenvalue weighted by Gasteiger charge is 2.22. The van der Waals surface area contributed by atoms with Gasteiger partial charge >= 0.3 is 0 Å². The quantitative estimate of drug-likeness (QED) is 0.410. The van der Waals surface area contributed by atoms with Crippen LogP contribution in [0.2, 0.25) is 0 Å². The lowest BCUT2D eigenvalue weighted by Gasteiger charge is -2.12. The van der Waals surface area contributed by atoms with Gasteiger partial charge in [-0.15, -0.1) is 0 Å². The van der Waals surface area contributed by atoms with Gasteiger partial charge in [-0.1, -0.05) is 50.1 Å². The van der Waals surface area contributed by atoms with Crippen LogP contribution in [0.3, 0.4) is 0 Å². The SMILES string of the molecule is CCCCn1c(CC)nc2c(c1=O)c1nc3ccccc3nc1n2-c1ccc(C)cc1. The highest BCUT2D eigenvalue weighted by Crippen LogP contribution is 2.29. The van der Waals surface area contributed by atoms with Gasteiger partial charge in [-0.05, 0) is 37.6 Å². The molecule has 0 aliphatic carbocycles. The standard InChI is InChI=1S/C25H25N5O/c1-4-6-15-29-20(5-2)28-23-21(25(29)31)22-24(27-19-10-8-7-9-18(19)26-22)30(23)17-13-11-16(3)12-14-17/h7-14H,4-6,15H2,1-3H3. The third-order valence-electron chi connectivity index (χ3n) is 5.79. The molecule has 31 heavy (non-hydrogen) atoms. The second kappa shape index (κ2) is 7.61. The Morgan fingerprint density at radius 3 is 2.26 bits per heavy atom. The molecule has 2 aromatic carbocycles. The van der Waals surface area contributed by atoms with Crippen LogP contribution in [0.1, 0.15) is 38.1 Å². The average molecular weight is 412 g/mol. The van der Waals surface area contributed by atoms with Gasteiger partial charge in [0.05, 0.1) is 11.0 Å². The predicted molar refractivity (Wildman–Crippen MR) is 125 cm³/mol. The maximum absolute atomic E-state index is 13.7. The third kappa shape index (κ3) is 3.10. The molecule has 0 aliphatic heterocycles. The monoisotopic (exact) mass is 411 g/mol. The van der Waals surface area contributed by atoms with E-state index in [4.69, 9.17) is 15.0 Å². The summed E-state index contributed by atoms with van der Waals surface area (Å²) in [5, 5.41) is 0.544. The first-order valence-electron chi connectivity index (χ1n) is 10.9. The number of aromatic nitrogens is 5. The summed E-state index contributed by atoms with van der Waals surface area (Å²) in [4.78, 5) is 28.5. The van der Waals surface area contributed by atoms with E-state index in [1.165, 1.54) is 5.56 Å². The van der Waals surface area contributed by atoms with Gasteiger partial charge in [0.2, 0.25) is 0 Å². The lowest BCUT2D eigenvalue weighted by molar-refractivity contribution is 0.579. The highest BCUT2D eigenvalue weighted by molar-refractivity contribution is 6.05. The second-order valence-electron chi connectivity index (χ2n) is 7.95. The van der Waals surface area contributed by atoms with Crippen molar-refractivity contribution in [2.45, 2.75) is 46.6 Å². The Bertz CT molecular complexity index is 1480. The summed E-state index contributed by atoms with van der Waals surface area (Å²) < 4.78 is 3.80. The first-order valence-corrected chi connectivity index (χ1v) is 10.9. The van der Waals surface area contributed by atoms with Crippen LogP contribution in [0.15, 0.2) is 53.3 Å². The second-order valence-corrected chi connectivity index (χ2v) is 7.95. The maximum Gasteiger partial charge on any atom is 0.265 e. The van der Waals surface area contributed by atoms with E-state index in [1.807, 2.05) is 52.5 Å². The Hall–Kier alpha value is -3.54. The summed E-state index contributed by atoms with van der Waals surface area (Å²) in [6.45, 7) is 6.89. The fraction of sp³-hybridized carbons (Fsp3) is 0.280. The minimum Gasteiger partial charge on any atom is -0.296 e. The number of aryl methyl sites for hydroxylation is 2. The fourth-order valence-electron chi connectivity index (χ4n) is 4.13. The van der Waals surface area contributed by atoms with Crippen LogP contribution >= 0.6 is 0 Å². The summed E-state index contributed by atoms with van der Waals surface area (Å²) in [5.41, 5.74) is 5.54. The molecule has 5 aromatic rings. The van der Waals surface area contributed by atoms with E-state index >= 15 is 0 Å². The van der Waals surface area contributed by atoms with E-state index < -0.39 is 0 Å². The normalized spacial score (nSPS) is 11.7. The van der Waals surface area contributed by atoms with Crippen molar-refractivity contribution in [1.82, 2.24) is 24.1 Å². The molecule has 0 fully saturated rings. The van der Waals surface area contributed by atoms with Crippen LogP contribution in [-0.4, -0.2) is 24.1 Å². The van der Waals surface area contributed by atoms with E-state index in [0.29, 0.717) is 35.2 Å². The summed E-state index contributed by atoms with van der Waals surface area (Å²) in [7, 11) is 0. The van der Waals surface area contributed by atoms with Crippen LogP contribution in [0.25, 0.3) is 38.9 Å². The Morgan fingerprint density at radius 1 is 0.871 bits per heavy atom. The lowest BCUT2D eigenvalue weighted by Crippen LogP contribution is -2.25. The van der Waals surface area contributed by atoms with E-state index in [-0.39, 0.29) is 5.56 Å². The maximum atomic E-state index is 13.7. The topological polar surface area (TPSA) is 65.6 Å². The number of para-hydroxylation sites is 2. The molecule has 5 rings (SSSR count). The molecule has 0 spiro atoms. The van der Waals surface area contributed by atoms with Gasteiger partial charge in [-0.2, -0.15) is 0 Å². The molecule has 0 atom stereocenters. The molecule has 6 heteroatoms. The molecule has 0 saturated carbocycles. The molecule has 0 saturated heterocycles. The number of hydrogen-bond donors (Lipinski definition) is 0. The fourth-order valence-corrected chi connectivity index (χ4v) is 4.13. The molecule has 0 N–H and O–H groups in total. The summed E-state index contributed by atoms with van der Waals surface area (Å²) in [6.07, 6.45) is 2.64. The largest absolute Gasteiger partial charge is 0.296 e. The lowest BCUT2D eigenvalue weighted by atomic mass is 10.2. The molecular formula is C25H25N5O. The smallest absolute Gasteiger partial charge is 0.265 e. The zero-order valence-electron chi connectivity index (χ0n) is 18.1. The van der Waals surface area contributed by atoms with E-state index in [0.717, 1.165) is 35.4 Å². The van der Waals surface area contributed by atoms with Crippen molar-refractivity contribution in [1.29, 1.82) is 0 Å². The minimum absolute atomic E-state index is 0.0317. The van der Waals surface area contributed by atoms with Gasteiger partial charge in [-0.25, -0.2) is 15.0 Å². The zero-order valence-corrected chi connectivity index (χ0v) is 18.1. The average Bonchev–Trinajstić information content (AvgIpc) is 3.10. The van der Waals surface area contributed by atoms with Gasteiger partial charge in [0, 0.05) is 18.7 Å². The highest BCUT2D eigenvalue weighted by atomic mass is 16.1. The molecule has 3 heterocycles. The van der Waals surface area contributed by atoms with E-state index in [2.05, 4.69) is 26.0 Å². The first-order chi connectivity index (χ1) is 15.1. The molecule has 6 nitrogen and oxygen atoms in total. The number of rotatable bonds is 5. The van der Waals surface area contributed by atoms with Crippen molar-refractivity contribution in [3.8, 4) is 5.69 Å². The van der Waals surface area contributed by atoms with Crippen molar-refractivity contribution in [2.24, 2.45) is 0 Å². The van der Waals surface area contributed by atoms with Gasteiger partial charge < -0.3 is 0 Å². The molecule has 0 bridgehead atoms. The Balaban J connectivity index is 1.97. The van der Waals surface area contributed by atoms with Crippen molar-refractivity contribution < 1.29 is 0 Å². The molecule has 0 radical (unpaired) electrons. The van der Waals surface area contributed by atoms with Crippen LogP contribution in [0, 0.1) is 6.92 Å². The third-order valence-corrected chi connectivity index (χ3v) is 5.79. The number of fused-ring (bicyclic) bond motifs is 4. The van der Waals surface area contributed by atoms with Crippen LogP contribution in [0.4, 0.5) is 0 Å². The van der Waals surface area contributed by atoms with Gasteiger partial charge in [0.25, 0.3) is 5.56 Å². The van der Waals surface area contributed by atoms with Crippen molar-refractivity contribution in [3.05, 3.63) is 70.3 Å². The summed E-state index contributed by atoms with van der Waals surface area (Å²) in [5.74, 6) is 0.798. The van der Waals surface area contributed by atoms with Gasteiger partial charge in [0.1, 0.15) is 16.7 Å². The number of hydrogen-bond acceptors (Lipinski definition) is 4. The van der Waals surface area contributed by atoms with Crippen molar-refractivity contribution in [2.75, 3.05) is 0 Å². The van der Waals surface area contributed by atoms with Gasteiger partial charge in [-0.3, -0.25) is 13.9 Å². The number of nitrogens with zero attached hydrogens (tertiary/aromatic N) is 5. The Labute approximate surface area is 180 Å². The number of benzene rings is 2. The summed E-state index contributed by atoms with van der Waals surface area (Å²) in [6, 6.07) is 16.0. The molecule has 156 valence electrons. The summed E-state index contributed by atoms with van der Waals surface area (Å²) >= 11 is 0. The molecule has 0 aliphatic rings. The predicted octanol–water partition coefficient (Wildman–Crippen LogP) is 4.95.